The van der Waals surface area contributed by atoms with E-state index in [-0.39, 0.29) is 12.0 Å². The molecule has 0 saturated heterocycles. The van der Waals surface area contributed by atoms with Gasteiger partial charge in [0.05, 0.1) is 17.7 Å². The van der Waals surface area contributed by atoms with E-state index >= 15 is 0 Å². The second kappa shape index (κ2) is 6.99. The van der Waals surface area contributed by atoms with Crippen LogP contribution in [0, 0.1) is 0 Å². The standard InChI is InChI=1S/C12H15BrClNO2/c1-8(2)17-6-5-15-12(16)9-3-4-11(14)10(13)7-9/h3-4,7-8H,5-6H2,1-2H3,(H,15,16). The van der Waals surface area contributed by atoms with Crippen LogP contribution in [0.4, 0.5) is 0 Å². The molecule has 1 aromatic carbocycles. The van der Waals surface area contributed by atoms with E-state index in [0.717, 1.165) is 0 Å². The van der Waals surface area contributed by atoms with Crippen molar-refractivity contribution in [2.24, 2.45) is 0 Å². The van der Waals surface area contributed by atoms with Gasteiger partial charge in [-0.15, -0.1) is 0 Å². The summed E-state index contributed by atoms with van der Waals surface area (Å²) in [6, 6.07) is 5.07. The van der Waals surface area contributed by atoms with Crippen molar-refractivity contribution in [2.75, 3.05) is 13.2 Å². The third-order valence-electron chi connectivity index (χ3n) is 2.02. The predicted molar refractivity (Wildman–Crippen MR) is 72.6 cm³/mol. The Kier molecular flexibility index (Phi) is 5.95. The molecule has 0 spiro atoms. The number of rotatable bonds is 5. The Morgan fingerprint density at radius 1 is 1.53 bits per heavy atom. The number of ether oxygens (including phenoxy) is 1. The number of carbonyl (C=O) groups is 1. The highest BCUT2D eigenvalue weighted by Crippen LogP contribution is 2.23. The van der Waals surface area contributed by atoms with Gasteiger partial charge in [-0.3, -0.25) is 4.79 Å². The third kappa shape index (κ3) is 5.06. The normalized spacial score (nSPS) is 10.6. The number of benzene rings is 1. The summed E-state index contributed by atoms with van der Waals surface area (Å²) in [5.41, 5.74) is 0.575. The summed E-state index contributed by atoms with van der Waals surface area (Å²) >= 11 is 9.13. The summed E-state index contributed by atoms with van der Waals surface area (Å²) in [5.74, 6) is -0.130. The number of carbonyl (C=O) groups excluding carboxylic acids is 1. The monoisotopic (exact) mass is 319 g/mol. The van der Waals surface area contributed by atoms with E-state index in [1.54, 1.807) is 18.2 Å². The van der Waals surface area contributed by atoms with Crippen LogP contribution in [0.2, 0.25) is 5.02 Å². The highest BCUT2D eigenvalue weighted by molar-refractivity contribution is 9.10. The second-order valence-corrected chi connectivity index (χ2v) is 5.07. The highest BCUT2D eigenvalue weighted by Gasteiger charge is 2.07. The maximum Gasteiger partial charge on any atom is 0.251 e. The fourth-order valence-corrected chi connectivity index (χ4v) is 1.69. The van der Waals surface area contributed by atoms with E-state index in [0.29, 0.717) is 28.2 Å². The zero-order chi connectivity index (χ0) is 12.8. The molecule has 1 rings (SSSR count). The van der Waals surface area contributed by atoms with E-state index in [2.05, 4.69) is 21.2 Å². The van der Waals surface area contributed by atoms with Crippen LogP contribution in [0.25, 0.3) is 0 Å². The number of hydrogen-bond donors (Lipinski definition) is 1. The van der Waals surface area contributed by atoms with Gasteiger partial charge in [-0.25, -0.2) is 0 Å². The number of nitrogens with one attached hydrogen (secondary N) is 1. The molecule has 0 atom stereocenters. The Morgan fingerprint density at radius 2 is 2.24 bits per heavy atom. The summed E-state index contributed by atoms with van der Waals surface area (Å²) in [5, 5.41) is 3.36. The van der Waals surface area contributed by atoms with Crippen LogP contribution in [0.5, 0.6) is 0 Å². The molecule has 0 unspecified atom stereocenters. The SMILES string of the molecule is CC(C)OCCNC(=O)c1ccc(Cl)c(Br)c1. The van der Waals surface area contributed by atoms with Crippen LogP contribution in [-0.2, 0) is 4.74 Å². The maximum absolute atomic E-state index is 11.7. The first kappa shape index (κ1) is 14.5. The summed E-state index contributed by atoms with van der Waals surface area (Å²) < 4.78 is 6.04. The summed E-state index contributed by atoms with van der Waals surface area (Å²) in [7, 11) is 0. The summed E-state index contributed by atoms with van der Waals surface area (Å²) in [6.07, 6.45) is 0.177. The molecule has 1 aromatic rings. The minimum absolute atomic E-state index is 0.130. The molecule has 0 aromatic heterocycles. The lowest BCUT2D eigenvalue weighted by Crippen LogP contribution is -2.28. The van der Waals surface area contributed by atoms with E-state index in [9.17, 15) is 4.79 Å². The highest BCUT2D eigenvalue weighted by atomic mass is 79.9. The van der Waals surface area contributed by atoms with E-state index in [4.69, 9.17) is 16.3 Å². The lowest BCUT2D eigenvalue weighted by atomic mass is 10.2. The Hall–Kier alpha value is -0.580. The van der Waals surface area contributed by atoms with Crippen molar-refractivity contribution in [2.45, 2.75) is 20.0 Å². The van der Waals surface area contributed by atoms with Crippen LogP contribution in [-0.4, -0.2) is 25.2 Å². The molecule has 0 bridgehead atoms. The molecule has 0 heterocycles. The molecule has 5 heteroatoms. The molecule has 0 aliphatic carbocycles. The van der Waals surface area contributed by atoms with Gasteiger partial charge in [0.15, 0.2) is 0 Å². The fourth-order valence-electron chi connectivity index (χ4n) is 1.20. The first-order valence-electron chi connectivity index (χ1n) is 5.35. The molecule has 0 aliphatic rings. The predicted octanol–water partition coefficient (Wildman–Crippen LogP) is 3.26. The van der Waals surface area contributed by atoms with Crippen LogP contribution in [0.3, 0.4) is 0 Å². The molecule has 0 fully saturated rings. The molecule has 94 valence electrons. The Balaban J connectivity index is 2.44. The van der Waals surface area contributed by atoms with E-state index in [1.807, 2.05) is 13.8 Å². The third-order valence-corrected chi connectivity index (χ3v) is 3.23. The quantitative estimate of drug-likeness (QED) is 0.846. The lowest BCUT2D eigenvalue weighted by molar-refractivity contribution is 0.0746. The topological polar surface area (TPSA) is 38.3 Å². The van der Waals surface area contributed by atoms with E-state index < -0.39 is 0 Å². The molecule has 0 saturated carbocycles. The molecule has 0 radical (unpaired) electrons. The first-order valence-corrected chi connectivity index (χ1v) is 6.52. The zero-order valence-corrected chi connectivity index (χ0v) is 12.1. The molecule has 17 heavy (non-hydrogen) atoms. The Morgan fingerprint density at radius 3 is 2.82 bits per heavy atom. The summed E-state index contributed by atoms with van der Waals surface area (Å²) in [6.45, 7) is 4.92. The van der Waals surface area contributed by atoms with Gasteiger partial charge in [0.1, 0.15) is 0 Å². The van der Waals surface area contributed by atoms with Crippen LogP contribution in [0.1, 0.15) is 24.2 Å². The summed E-state index contributed by atoms with van der Waals surface area (Å²) in [4.78, 5) is 11.7. The largest absolute Gasteiger partial charge is 0.377 e. The van der Waals surface area contributed by atoms with Crippen LogP contribution < -0.4 is 5.32 Å². The van der Waals surface area contributed by atoms with Crippen molar-refractivity contribution in [1.82, 2.24) is 5.32 Å². The van der Waals surface area contributed by atoms with Gasteiger partial charge in [-0.2, -0.15) is 0 Å². The van der Waals surface area contributed by atoms with Crippen molar-refractivity contribution in [3.63, 3.8) is 0 Å². The van der Waals surface area contributed by atoms with E-state index in [1.165, 1.54) is 0 Å². The number of amides is 1. The first-order chi connectivity index (χ1) is 8.00. The van der Waals surface area contributed by atoms with Gasteiger partial charge in [0.25, 0.3) is 5.91 Å². The molecular formula is C12H15BrClNO2. The number of halogens is 2. The Labute approximate surface area is 115 Å². The molecule has 0 aliphatic heterocycles. The minimum atomic E-state index is -0.130. The van der Waals surface area contributed by atoms with Gasteiger partial charge >= 0.3 is 0 Å². The van der Waals surface area contributed by atoms with Gasteiger partial charge in [-0.05, 0) is 48.0 Å². The molecule has 3 nitrogen and oxygen atoms in total. The second-order valence-electron chi connectivity index (χ2n) is 3.80. The maximum atomic E-state index is 11.7. The van der Waals surface area contributed by atoms with Crippen molar-refractivity contribution in [1.29, 1.82) is 0 Å². The van der Waals surface area contributed by atoms with Gasteiger partial charge < -0.3 is 10.1 Å². The molecular weight excluding hydrogens is 305 g/mol. The Bertz CT molecular complexity index is 396. The average Bonchev–Trinajstić information content (AvgIpc) is 2.27. The molecule has 1 amide bonds. The van der Waals surface area contributed by atoms with Crippen LogP contribution >= 0.6 is 27.5 Å². The zero-order valence-electron chi connectivity index (χ0n) is 9.80. The van der Waals surface area contributed by atoms with Gasteiger partial charge in [0.2, 0.25) is 0 Å². The lowest BCUT2D eigenvalue weighted by Gasteiger charge is -2.09. The van der Waals surface area contributed by atoms with Crippen molar-refractivity contribution < 1.29 is 9.53 Å². The fraction of sp³-hybridized carbons (Fsp3) is 0.417. The minimum Gasteiger partial charge on any atom is -0.377 e. The van der Waals surface area contributed by atoms with Crippen molar-refractivity contribution in [3.8, 4) is 0 Å². The average molecular weight is 321 g/mol. The number of hydrogen-bond acceptors (Lipinski definition) is 2. The van der Waals surface area contributed by atoms with Gasteiger partial charge in [0, 0.05) is 16.6 Å². The van der Waals surface area contributed by atoms with Crippen molar-refractivity contribution >= 4 is 33.4 Å². The molecule has 1 N–H and O–H groups in total. The smallest absolute Gasteiger partial charge is 0.251 e. The van der Waals surface area contributed by atoms with Gasteiger partial charge in [-0.1, -0.05) is 11.6 Å². The van der Waals surface area contributed by atoms with Crippen molar-refractivity contribution in [3.05, 3.63) is 33.3 Å². The van der Waals surface area contributed by atoms with Crippen LogP contribution in [0.15, 0.2) is 22.7 Å².